The molecule has 17 heavy (non-hydrogen) atoms. The van der Waals surface area contributed by atoms with Crippen molar-refractivity contribution in [3.63, 3.8) is 0 Å². The van der Waals surface area contributed by atoms with E-state index in [9.17, 15) is 4.79 Å². The number of hydrogen-bond donors (Lipinski definition) is 0. The smallest absolute Gasteiger partial charge is 0.165 e. The third kappa shape index (κ3) is 2.12. The maximum absolute atomic E-state index is 12.1. The molecule has 0 saturated heterocycles. The molecule has 0 bridgehead atoms. The summed E-state index contributed by atoms with van der Waals surface area (Å²) in [5.74, 6) is 1.32. The maximum atomic E-state index is 12.1. The van der Waals surface area contributed by atoms with Crippen LogP contribution in [0.3, 0.4) is 0 Å². The molecule has 1 aliphatic carbocycles. The fourth-order valence-corrected chi connectivity index (χ4v) is 2.53. The predicted molar refractivity (Wildman–Crippen MR) is 67.7 cm³/mol. The molecule has 0 aromatic heterocycles. The van der Waals surface area contributed by atoms with E-state index in [1.807, 2.05) is 32.0 Å². The lowest BCUT2D eigenvalue weighted by atomic mass is 9.75. The van der Waals surface area contributed by atoms with Gasteiger partial charge in [0.15, 0.2) is 5.78 Å². The number of carbonyl (C=O) groups is 1. The number of methoxy groups -OCH3 is 1. The van der Waals surface area contributed by atoms with Crippen molar-refractivity contribution in [2.45, 2.75) is 26.2 Å². The molecule has 1 aromatic carbocycles. The van der Waals surface area contributed by atoms with Crippen LogP contribution in [0.4, 0.5) is 0 Å². The van der Waals surface area contributed by atoms with Crippen LogP contribution in [0, 0.1) is 5.92 Å². The van der Waals surface area contributed by atoms with E-state index in [1.165, 1.54) is 5.56 Å². The predicted octanol–water partition coefficient (Wildman–Crippen LogP) is 3.30. The van der Waals surface area contributed by atoms with Gasteiger partial charge >= 0.3 is 0 Å². The first-order valence-corrected chi connectivity index (χ1v) is 5.98. The van der Waals surface area contributed by atoms with E-state index < -0.39 is 0 Å². The molecule has 2 unspecified atom stereocenters. The Labute approximate surface area is 102 Å². The molecule has 0 N–H and O–H groups in total. The van der Waals surface area contributed by atoms with E-state index >= 15 is 0 Å². The Morgan fingerprint density at radius 1 is 1.24 bits per heavy atom. The van der Waals surface area contributed by atoms with Crippen molar-refractivity contribution in [2.75, 3.05) is 7.11 Å². The van der Waals surface area contributed by atoms with E-state index in [0.717, 1.165) is 17.8 Å². The van der Waals surface area contributed by atoms with Crippen molar-refractivity contribution >= 4 is 5.78 Å². The van der Waals surface area contributed by atoms with Crippen LogP contribution in [-0.2, 0) is 9.53 Å². The van der Waals surface area contributed by atoms with Gasteiger partial charge in [0.05, 0.1) is 7.11 Å². The topological polar surface area (TPSA) is 26.3 Å². The van der Waals surface area contributed by atoms with Gasteiger partial charge in [-0.2, -0.15) is 0 Å². The molecular weight excluding hydrogens is 212 g/mol. The van der Waals surface area contributed by atoms with E-state index in [4.69, 9.17) is 4.74 Å². The summed E-state index contributed by atoms with van der Waals surface area (Å²) in [6.45, 7) is 3.87. The van der Waals surface area contributed by atoms with Crippen molar-refractivity contribution in [2.24, 2.45) is 5.92 Å². The van der Waals surface area contributed by atoms with Crippen molar-refractivity contribution < 1.29 is 9.53 Å². The SMILES string of the molecule is COC1=C(C)C(=O)C(C)C(c2ccccc2)C1. The Morgan fingerprint density at radius 2 is 1.88 bits per heavy atom. The van der Waals surface area contributed by atoms with Crippen molar-refractivity contribution in [1.29, 1.82) is 0 Å². The molecule has 0 heterocycles. The van der Waals surface area contributed by atoms with Gasteiger partial charge in [0, 0.05) is 23.8 Å². The normalized spacial score (nSPS) is 25.0. The molecule has 2 heteroatoms. The van der Waals surface area contributed by atoms with E-state index in [1.54, 1.807) is 7.11 Å². The van der Waals surface area contributed by atoms with E-state index in [0.29, 0.717) is 0 Å². The summed E-state index contributed by atoms with van der Waals surface area (Å²) in [5, 5.41) is 0. The first kappa shape index (κ1) is 11.9. The monoisotopic (exact) mass is 230 g/mol. The molecule has 0 radical (unpaired) electrons. The minimum absolute atomic E-state index is 0.0382. The molecule has 90 valence electrons. The summed E-state index contributed by atoms with van der Waals surface area (Å²) in [7, 11) is 1.64. The van der Waals surface area contributed by atoms with Crippen molar-refractivity contribution in [3.8, 4) is 0 Å². The lowest BCUT2D eigenvalue weighted by Gasteiger charge is -2.30. The van der Waals surface area contributed by atoms with Crippen LogP contribution in [-0.4, -0.2) is 12.9 Å². The lowest BCUT2D eigenvalue weighted by molar-refractivity contribution is -0.120. The van der Waals surface area contributed by atoms with Crippen LogP contribution in [0.25, 0.3) is 0 Å². The van der Waals surface area contributed by atoms with Crippen LogP contribution in [0.5, 0.6) is 0 Å². The summed E-state index contributed by atoms with van der Waals surface area (Å²) < 4.78 is 5.33. The highest BCUT2D eigenvalue weighted by atomic mass is 16.5. The second kappa shape index (κ2) is 4.74. The van der Waals surface area contributed by atoms with Crippen molar-refractivity contribution in [1.82, 2.24) is 0 Å². The Kier molecular flexibility index (Phi) is 3.32. The molecular formula is C15H18O2. The summed E-state index contributed by atoms with van der Waals surface area (Å²) >= 11 is 0. The van der Waals surface area contributed by atoms with Gasteiger partial charge in [-0.05, 0) is 12.5 Å². The van der Waals surface area contributed by atoms with Crippen LogP contribution >= 0.6 is 0 Å². The molecule has 2 rings (SSSR count). The third-order valence-electron chi connectivity index (χ3n) is 3.68. The second-order valence-corrected chi connectivity index (χ2v) is 4.63. The van der Waals surface area contributed by atoms with Gasteiger partial charge in [-0.3, -0.25) is 4.79 Å². The Balaban J connectivity index is 2.36. The molecule has 0 amide bonds. The Morgan fingerprint density at radius 3 is 2.47 bits per heavy atom. The van der Waals surface area contributed by atoms with Gasteiger partial charge in [0.25, 0.3) is 0 Å². The maximum Gasteiger partial charge on any atom is 0.165 e. The summed E-state index contributed by atoms with van der Waals surface area (Å²) in [6.07, 6.45) is 0.819. The Bertz CT molecular complexity index is 445. The van der Waals surface area contributed by atoms with Gasteiger partial charge in [-0.15, -0.1) is 0 Å². The largest absolute Gasteiger partial charge is 0.501 e. The van der Waals surface area contributed by atoms with Crippen LogP contribution in [0.1, 0.15) is 31.7 Å². The second-order valence-electron chi connectivity index (χ2n) is 4.63. The van der Waals surface area contributed by atoms with Crippen molar-refractivity contribution in [3.05, 3.63) is 47.2 Å². The average molecular weight is 230 g/mol. The average Bonchev–Trinajstić information content (AvgIpc) is 2.37. The van der Waals surface area contributed by atoms with Crippen LogP contribution in [0.15, 0.2) is 41.7 Å². The van der Waals surface area contributed by atoms with Gasteiger partial charge in [-0.25, -0.2) is 0 Å². The minimum atomic E-state index is 0.0382. The molecule has 0 saturated carbocycles. The van der Waals surface area contributed by atoms with Gasteiger partial charge < -0.3 is 4.74 Å². The quantitative estimate of drug-likeness (QED) is 0.779. The highest BCUT2D eigenvalue weighted by Crippen LogP contribution is 2.38. The first-order chi connectivity index (χ1) is 8.15. The Hall–Kier alpha value is -1.57. The van der Waals surface area contributed by atoms with E-state index in [2.05, 4.69) is 12.1 Å². The molecule has 1 aromatic rings. The fraction of sp³-hybridized carbons (Fsp3) is 0.400. The first-order valence-electron chi connectivity index (χ1n) is 5.98. The third-order valence-corrected chi connectivity index (χ3v) is 3.68. The number of allylic oxidation sites excluding steroid dienone is 2. The molecule has 2 atom stereocenters. The van der Waals surface area contributed by atoms with Gasteiger partial charge in [0.2, 0.25) is 0 Å². The highest BCUT2D eigenvalue weighted by molar-refractivity contribution is 5.98. The fourth-order valence-electron chi connectivity index (χ4n) is 2.53. The molecule has 0 aliphatic heterocycles. The minimum Gasteiger partial charge on any atom is -0.501 e. The number of hydrogen-bond acceptors (Lipinski definition) is 2. The number of ketones is 1. The van der Waals surface area contributed by atoms with Crippen LogP contribution < -0.4 is 0 Å². The summed E-state index contributed by atoms with van der Waals surface area (Å²) in [6, 6.07) is 10.2. The van der Waals surface area contributed by atoms with Gasteiger partial charge in [0.1, 0.15) is 5.76 Å². The zero-order chi connectivity index (χ0) is 12.4. The standard InChI is InChI=1S/C15H18O2/c1-10-13(12-7-5-4-6-8-12)9-14(17-3)11(2)15(10)16/h4-8,10,13H,9H2,1-3H3. The lowest BCUT2D eigenvalue weighted by Crippen LogP contribution is -2.27. The number of ether oxygens (including phenoxy) is 1. The number of benzene rings is 1. The highest BCUT2D eigenvalue weighted by Gasteiger charge is 2.33. The zero-order valence-electron chi connectivity index (χ0n) is 10.6. The molecule has 0 fully saturated rings. The van der Waals surface area contributed by atoms with Gasteiger partial charge in [-0.1, -0.05) is 37.3 Å². The molecule has 1 aliphatic rings. The van der Waals surface area contributed by atoms with Crippen LogP contribution in [0.2, 0.25) is 0 Å². The van der Waals surface area contributed by atoms with E-state index in [-0.39, 0.29) is 17.6 Å². The summed E-state index contributed by atoms with van der Waals surface area (Å²) in [4.78, 5) is 12.1. The number of carbonyl (C=O) groups excluding carboxylic acids is 1. The summed E-state index contributed by atoms with van der Waals surface area (Å²) in [5.41, 5.74) is 2.00. The number of Topliss-reactive ketones (excluding diaryl/α,β-unsaturated/α-hetero) is 1. The molecule has 0 spiro atoms. The molecule has 2 nitrogen and oxygen atoms in total. The zero-order valence-corrected chi connectivity index (χ0v) is 10.6. The number of rotatable bonds is 2.